The highest BCUT2D eigenvalue weighted by molar-refractivity contribution is 7.81. The van der Waals surface area contributed by atoms with E-state index in [9.17, 15) is 25.9 Å². The van der Waals surface area contributed by atoms with Gasteiger partial charge in [0.25, 0.3) is 0 Å². The molecule has 0 aromatic heterocycles. The van der Waals surface area contributed by atoms with E-state index in [1.807, 2.05) is 0 Å². The highest BCUT2D eigenvalue weighted by Crippen LogP contribution is 2.11. The van der Waals surface area contributed by atoms with E-state index in [1.54, 1.807) is 0 Å². The van der Waals surface area contributed by atoms with E-state index in [-0.39, 0.29) is 19.4 Å². The molecule has 0 bridgehead atoms. The Morgan fingerprint density at radius 2 is 0.938 bits per heavy atom. The summed E-state index contributed by atoms with van der Waals surface area (Å²) < 4.78 is 65.2. The van der Waals surface area contributed by atoms with Crippen LogP contribution in [-0.4, -0.2) is 70.8 Å². The fraction of sp³-hybridized carbons (Fsp3) is 1.00. The summed E-state index contributed by atoms with van der Waals surface area (Å²) in [5.41, 5.74) is 0. The minimum Gasteiger partial charge on any atom is -0.726 e. The lowest BCUT2D eigenvalue weighted by molar-refractivity contribution is -0.888. The average Bonchev–Trinajstić information content (AvgIpc) is 2.62. The van der Waals surface area contributed by atoms with Gasteiger partial charge in [0.05, 0.1) is 40.4 Å². The van der Waals surface area contributed by atoms with Gasteiger partial charge in [0.15, 0.2) is 0 Å². The minimum absolute atomic E-state index is 0. The SMILES string of the molecule is CCCCCCCCCCCC[N+](C)(C)CC.CCOS(=O)(=O)[O-].CCOS(=O)(=O)[O-].[NH4+]. The first kappa shape index (κ1) is 38.9. The van der Waals surface area contributed by atoms with E-state index in [4.69, 9.17) is 0 Å². The third-order valence-corrected chi connectivity index (χ3v) is 5.55. The number of quaternary nitrogens is 2. The maximum absolute atomic E-state index is 9.45. The van der Waals surface area contributed by atoms with E-state index in [2.05, 4.69) is 36.3 Å². The second-order valence-corrected chi connectivity index (χ2v) is 9.89. The normalized spacial score (nSPS) is 11.5. The topological polar surface area (TPSA) is 169 Å². The van der Waals surface area contributed by atoms with E-state index < -0.39 is 20.8 Å². The van der Waals surface area contributed by atoms with Crippen molar-refractivity contribution in [3.05, 3.63) is 0 Å². The third kappa shape index (κ3) is 43.5. The number of rotatable bonds is 16. The van der Waals surface area contributed by atoms with Gasteiger partial charge in [-0.3, -0.25) is 8.37 Å². The van der Waals surface area contributed by atoms with Crippen molar-refractivity contribution in [1.82, 2.24) is 6.15 Å². The minimum atomic E-state index is -4.42. The lowest BCUT2D eigenvalue weighted by Gasteiger charge is -2.28. The van der Waals surface area contributed by atoms with Crippen molar-refractivity contribution in [1.29, 1.82) is 0 Å². The fourth-order valence-electron chi connectivity index (χ4n) is 2.47. The van der Waals surface area contributed by atoms with Gasteiger partial charge in [-0.2, -0.15) is 0 Å². The third-order valence-electron chi connectivity index (χ3n) is 4.50. The van der Waals surface area contributed by atoms with Gasteiger partial charge >= 0.3 is 0 Å². The molecule has 4 N–H and O–H groups in total. The van der Waals surface area contributed by atoms with Crippen LogP contribution in [0.5, 0.6) is 0 Å². The molecule has 0 heterocycles. The second-order valence-electron chi connectivity index (χ2n) is 7.79. The molecule has 0 saturated carbocycles. The van der Waals surface area contributed by atoms with Crippen LogP contribution < -0.4 is 6.15 Å². The number of hydrogen-bond acceptors (Lipinski definition) is 8. The number of nitrogens with zero attached hydrogens (tertiary/aromatic N) is 1. The van der Waals surface area contributed by atoms with E-state index in [0.29, 0.717) is 0 Å². The first-order chi connectivity index (χ1) is 14.2. The number of unbranched alkanes of at least 4 members (excludes halogenated alkanes) is 9. The molecule has 0 fully saturated rings. The summed E-state index contributed by atoms with van der Waals surface area (Å²) in [6.45, 7) is 9.86. The van der Waals surface area contributed by atoms with Gasteiger partial charge in [-0.05, 0) is 33.6 Å². The second kappa shape index (κ2) is 23.8. The summed E-state index contributed by atoms with van der Waals surface area (Å²) in [5.74, 6) is 0. The zero-order valence-electron chi connectivity index (χ0n) is 21.4. The summed E-state index contributed by atoms with van der Waals surface area (Å²) in [6.07, 6.45) is 14.4. The maximum Gasteiger partial charge on any atom is 0.217 e. The quantitative estimate of drug-likeness (QED) is 0.138. The van der Waals surface area contributed by atoms with Gasteiger partial charge in [-0.1, -0.05) is 58.3 Å². The molecule has 0 aliphatic rings. The van der Waals surface area contributed by atoms with Crippen LogP contribution in [-0.2, 0) is 29.2 Å². The molecule has 0 aliphatic carbocycles. The van der Waals surface area contributed by atoms with Crippen molar-refractivity contribution < 1.29 is 38.8 Å². The largest absolute Gasteiger partial charge is 0.726 e. The van der Waals surface area contributed by atoms with Crippen LogP contribution in [0.2, 0.25) is 0 Å². The molecule has 0 rings (SSSR count). The van der Waals surface area contributed by atoms with Crippen LogP contribution in [0.15, 0.2) is 0 Å². The lowest BCUT2D eigenvalue weighted by atomic mass is 10.1. The molecule has 10 nitrogen and oxygen atoms in total. The maximum atomic E-state index is 9.45. The van der Waals surface area contributed by atoms with Crippen LogP contribution in [0, 0.1) is 0 Å². The zero-order chi connectivity index (χ0) is 24.8. The predicted octanol–water partition coefficient (Wildman–Crippen LogP) is 4.35. The standard InChI is InChI=1S/C16H36N.2C2H6O4S.H3N/c1-5-7-8-9-10-11-12-13-14-15-16-17(3,4)6-2;2*1-2-6-7(3,4)5;/h5-16H2,1-4H3;2*2H2,1H3,(H,3,4,5);1H3/q+1;;;/p-1. The molecular weight excluding hydrogens is 460 g/mol. The van der Waals surface area contributed by atoms with Gasteiger partial charge in [0, 0.05) is 0 Å². The molecule has 0 spiro atoms. The summed E-state index contributed by atoms with van der Waals surface area (Å²) in [4.78, 5) is 0. The molecule has 32 heavy (non-hydrogen) atoms. The first-order valence-electron chi connectivity index (χ1n) is 11.3. The predicted molar refractivity (Wildman–Crippen MR) is 128 cm³/mol. The fourth-order valence-corrected chi connectivity index (χ4v) is 3.05. The van der Waals surface area contributed by atoms with Crippen molar-refractivity contribution in [3.8, 4) is 0 Å². The molecule has 0 amide bonds. The molecule has 0 radical (unpaired) electrons. The van der Waals surface area contributed by atoms with Crippen LogP contribution in [0.25, 0.3) is 0 Å². The zero-order valence-corrected chi connectivity index (χ0v) is 23.1. The van der Waals surface area contributed by atoms with Gasteiger partial charge in [0.2, 0.25) is 20.8 Å². The Morgan fingerprint density at radius 3 is 1.16 bits per heavy atom. The van der Waals surface area contributed by atoms with Gasteiger partial charge < -0.3 is 19.7 Å². The summed E-state index contributed by atoms with van der Waals surface area (Å²) >= 11 is 0. The van der Waals surface area contributed by atoms with Gasteiger partial charge in [-0.25, -0.2) is 16.8 Å². The van der Waals surface area contributed by atoms with Gasteiger partial charge in [-0.15, -0.1) is 0 Å². The Morgan fingerprint density at radius 1 is 0.625 bits per heavy atom. The Labute approximate surface area is 198 Å². The Hall–Kier alpha value is -0.340. The molecule has 200 valence electrons. The highest BCUT2D eigenvalue weighted by Gasteiger charge is 2.09. The summed E-state index contributed by atoms with van der Waals surface area (Å²) in [6, 6.07) is 0. The van der Waals surface area contributed by atoms with Crippen molar-refractivity contribution in [3.63, 3.8) is 0 Å². The molecule has 0 atom stereocenters. The monoisotopic (exact) mass is 510 g/mol. The Bertz CT molecular complexity index is 548. The molecular formula is C20H50N2O8S2. The Kier molecular flexibility index (Phi) is 28.9. The average molecular weight is 511 g/mol. The van der Waals surface area contributed by atoms with E-state index >= 15 is 0 Å². The lowest BCUT2D eigenvalue weighted by Crippen LogP contribution is -2.39. The molecule has 12 heteroatoms. The first-order valence-corrected chi connectivity index (χ1v) is 13.9. The van der Waals surface area contributed by atoms with Crippen LogP contribution in [0.4, 0.5) is 0 Å². The van der Waals surface area contributed by atoms with Crippen molar-refractivity contribution >= 4 is 20.8 Å². The van der Waals surface area contributed by atoms with Crippen LogP contribution in [0.1, 0.15) is 91.9 Å². The summed E-state index contributed by atoms with van der Waals surface area (Å²) in [5, 5.41) is 0. The summed E-state index contributed by atoms with van der Waals surface area (Å²) in [7, 11) is -4.17. The van der Waals surface area contributed by atoms with Crippen molar-refractivity contribution in [2.75, 3.05) is 40.4 Å². The van der Waals surface area contributed by atoms with Gasteiger partial charge in [0.1, 0.15) is 0 Å². The van der Waals surface area contributed by atoms with Crippen molar-refractivity contribution in [2.45, 2.75) is 91.9 Å². The molecule has 0 saturated heterocycles. The van der Waals surface area contributed by atoms with Crippen LogP contribution in [0.3, 0.4) is 0 Å². The molecule has 0 aromatic rings. The van der Waals surface area contributed by atoms with E-state index in [1.165, 1.54) is 95.6 Å². The van der Waals surface area contributed by atoms with E-state index in [0.717, 1.165) is 0 Å². The van der Waals surface area contributed by atoms with Crippen molar-refractivity contribution in [2.24, 2.45) is 0 Å². The van der Waals surface area contributed by atoms with Crippen LogP contribution >= 0.6 is 0 Å². The smallest absolute Gasteiger partial charge is 0.217 e. The number of hydrogen-bond donors (Lipinski definition) is 1. The Balaban J connectivity index is -0.000000217. The highest BCUT2D eigenvalue weighted by atomic mass is 32.3. The molecule has 0 unspecified atom stereocenters. The molecule has 0 aliphatic heterocycles. The molecule has 0 aromatic carbocycles.